The number of aliphatic hydroxyl groups is 3. The molecule has 0 unspecified atom stereocenters. The van der Waals surface area contributed by atoms with Crippen LogP contribution in [0.1, 0.15) is 168 Å². The van der Waals surface area contributed by atoms with Gasteiger partial charge < -0.3 is 24.8 Å². The number of unbranched alkanes of at least 4 members (excludes halogenated alkanes) is 13. The molecule has 0 bridgehead atoms. The van der Waals surface area contributed by atoms with Crippen molar-refractivity contribution in [3.05, 3.63) is 0 Å². The lowest BCUT2D eigenvalue weighted by molar-refractivity contribution is -0.144. The molecule has 0 spiro atoms. The Hall–Kier alpha value is -1.02. The quantitative estimate of drug-likeness (QED) is 0.0707. The fourth-order valence-electron chi connectivity index (χ4n) is 6.59. The maximum atomic E-state index is 12.6. The molecule has 0 aliphatic carbocycles. The molecule has 42 heavy (non-hydrogen) atoms. The van der Waals surface area contributed by atoms with Crippen LogP contribution in [0.25, 0.3) is 0 Å². The number of carbonyl (C=O) groups is 2. The largest absolute Gasteiger partial charge is 0.462 e. The monoisotopic (exact) mass is 596 g/mol. The van der Waals surface area contributed by atoms with Gasteiger partial charge in [0.15, 0.2) is 5.78 Å². The number of hydrogen-bond donors (Lipinski definition) is 3. The van der Waals surface area contributed by atoms with Gasteiger partial charge in [0.1, 0.15) is 6.10 Å². The van der Waals surface area contributed by atoms with Crippen LogP contribution in [-0.2, 0) is 19.1 Å². The Morgan fingerprint density at radius 1 is 0.762 bits per heavy atom. The van der Waals surface area contributed by atoms with E-state index in [9.17, 15) is 24.9 Å². The van der Waals surface area contributed by atoms with Crippen molar-refractivity contribution in [3.63, 3.8) is 0 Å². The topological polar surface area (TPSA) is 113 Å². The van der Waals surface area contributed by atoms with E-state index in [4.69, 9.17) is 9.47 Å². The summed E-state index contributed by atoms with van der Waals surface area (Å²) in [6.45, 7) is 4.14. The van der Waals surface area contributed by atoms with Crippen LogP contribution in [0.2, 0.25) is 0 Å². The zero-order chi connectivity index (χ0) is 30.6. The SMILES string of the molecule is CCCCCCCCCCCCCC(=O)[C@H]1CC[C@@H]([C@H](O)CC[C@H](O)CCCCCC[C@@H](O)C[C@@H]2C[C@H](C)OC2=O)O1. The van der Waals surface area contributed by atoms with Crippen molar-refractivity contribution in [1.29, 1.82) is 0 Å². The van der Waals surface area contributed by atoms with E-state index in [0.29, 0.717) is 57.8 Å². The number of rotatable bonds is 26. The van der Waals surface area contributed by atoms with Gasteiger partial charge in [-0.2, -0.15) is 0 Å². The summed E-state index contributed by atoms with van der Waals surface area (Å²) in [5, 5.41) is 31.2. The first-order valence-corrected chi connectivity index (χ1v) is 17.7. The highest BCUT2D eigenvalue weighted by molar-refractivity contribution is 5.83. The average molecular weight is 597 g/mol. The lowest BCUT2D eigenvalue weighted by atomic mass is 9.95. The van der Waals surface area contributed by atoms with E-state index >= 15 is 0 Å². The van der Waals surface area contributed by atoms with Crippen molar-refractivity contribution in [2.45, 2.75) is 205 Å². The summed E-state index contributed by atoms with van der Waals surface area (Å²) >= 11 is 0. The van der Waals surface area contributed by atoms with Crippen molar-refractivity contribution in [3.8, 4) is 0 Å². The van der Waals surface area contributed by atoms with Crippen molar-refractivity contribution < 1.29 is 34.4 Å². The summed E-state index contributed by atoms with van der Waals surface area (Å²) in [6, 6.07) is 0. The molecule has 0 aromatic rings. The first-order chi connectivity index (χ1) is 20.3. The molecule has 0 saturated carbocycles. The molecule has 246 valence electrons. The maximum Gasteiger partial charge on any atom is 0.309 e. The molecule has 2 aliphatic rings. The number of aliphatic hydroxyl groups excluding tert-OH is 3. The normalized spacial score (nSPS) is 24.5. The van der Waals surface area contributed by atoms with Gasteiger partial charge in [0, 0.05) is 6.42 Å². The van der Waals surface area contributed by atoms with Crippen LogP contribution in [0.15, 0.2) is 0 Å². The molecule has 0 aromatic heterocycles. The number of hydrogen-bond acceptors (Lipinski definition) is 7. The van der Waals surface area contributed by atoms with Crippen LogP contribution in [0.3, 0.4) is 0 Å². The van der Waals surface area contributed by atoms with Gasteiger partial charge in [0.2, 0.25) is 0 Å². The zero-order valence-electron chi connectivity index (χ0n) is 27.0. The Balaban J connectivity index is 1.42. The number of Topliss-reactive ketones (excluding diaryl/α,β-unsaturated/α-hetero) is 1. The second-order valence-corrected chi connectivity index (χ2v) is 13.4. The predicted molar refractivity (Wildman–Crippen MR) is 167 cm³/mol. The zero-order valence-corrected chi connectivity index (χ0v) is 27.0. The number of carbonyl (C=O) groups excluding carboxylic acids is 2. The molecule has 0 radical (unpaired) electrons. The maximum absolute atomic E-state index is 12.6. The van der Waals surface area contributed by atoms with Gasteiger partial charge in [-0.25, -0.2) is 0 Å². The predicted octanol–water partition coefficient (Wildman–Crippen LogP) is 7.35. The fraction of sp³-hybridized carbons (Fsp3) is 0.943. The summed E-state index contributed by atoms with van der Waals surface area (Å²) in [7, 11) is 0. The number of ether oxygens (including phenoxy) is 2. The molecular formula is C35H64O7. The van der Waals surface area contributed by atoms with E-state index in [-0.39, 0.29) is 36.0 Å². The Kier molecular flexibility index (Phi) is 19.9. The number of esters is 1. The first-order valence-electron chi connectivity index (χ1n) is 17.7. The molecular weight excluding hydrogens is 532 g/mol. The Bertz CT molecular complexity index is 713. The van der Waals surface area contributed by atoms with Crippen molar-refractivity contribution in [1.82, 2.24) is 0 Å². The van der Waals surface area contributed by atoms with E-state index in [0.717, 1.165) is 38.5 Å². The molecule has 0 amide bonds. The minimum Gasteiger partial charge on any atom is -0.462 e. The first kappa shape index (κ1) is 37.2. The summed E-state index contributed by atoms with van der Waals surface area (Å²) in [5.74, 6) is -0.159. The standard InChI is InChI=1S/C35H64O7/c1-3-4-5-6-7-8-9-10-11-12-17-20-31(38)33-23-24-34(42-33)32(39)22-21-29(36)18-15-13-14-16-19-30(37)26-28-25-27(2)41-35(28)40/h27-30,32-34,36-37,39H,3-26H2,1-2H3/t27-,28-,29+,30+,32+,33+,34-/m0/s1. The van der Waals surface area contributed by atoms with Crippen LogP contribution in [-0.4, -0.2) is 63.7 Å². The summed E-state index contributed by atoms with van der Waals surface area (Å²) < 4.78 is 11.1. The highest BCUT2D eigenvalue weighted by Gasteiger charge is 2.34. The Morgan fingerprint density at radius 3 is 1.93 bits per heavy atom. The molecule has 2 rings (SSSR count). The molecule has 7 heteroatoms. The van der Waals surface area contributed by atoms with Crippen molar-refractivity contribution >= 4 is 11.8 Å². The van der Waals surface area contributed by atoms with Gasteiger partial charge in [0.25, 0.3) is 0 Å². The van der Waals surface area contributed by atoms with Gasteiger partial charge in [-0.1, -0.05) is 96.8 Å². The highest BCUT2D eigenvalue weighted by atomic mass is 16.5. The van der Waals surface area contributed by atoms with Crippen molar-refractivity contribution in [2.24, 2.45) is 5.92 Å². The van der Waals surface area contributed by atoms with Gasteiger partial charge in [-0.3, -0.25) is 9.59 Å². The van der Waals surface area contributed by atoms with E-state index in [1.54, 1.807) is 0 Å². The van der Waals surface area contributed by atoms with Crippen LogP contribution in [0, 0.1) is 5.92 Å². The molecule has 7 atom stereocenters. The van der Waals surface area contributed by atoms with E-state index in [1.165, 1.54) is 57.8 Å². The summed E-state index contributed by atoms with van der Waals surface area (Å²) in [6.07, 6.45) is 21.1. The lowest BCUT2D eigenvalue weighted by Crippen LogP contribution is -2.29. The second-order valence-electron chi connectivity index (χ2n) is 13.4. The second kappa shape index (κ2) is 22.5. The Labute approximate surface area is 256 Å². The van der Waals surface area contributed by atoms with Crippen LogP contribution in [0.4, 0.5) is 0 Å². The summed E-state index contributed by atoms with van der Waals surface area (Å²) in [4.78, 5) is 24.3. The molecule has 2 aliphatic heterocycles. The molecule has 2 heterocycles. The fourth-order valence-corrected chi connectivity index (χ4v) is 6.59. The van der Waals surface area contributed by atoms with Crippen LogP contribution in [0.5, 0.6) is 0 Å². The number of ketones is 1. The minimum absolute atomic E-state index is 0.0389. The minimum atomic E-state index is -0.638. The van der Waals surface area contributed by atoms with E-state index in [1.807, 2.05) is 6.92 Å². The molecule has 2 saturated heterocycles. The lowest BCUT2D eigenvalue weighted by Gasteiger charge is -2.20. The van der Waals surface area contributed by atoms with E-state index in [2.05, 4.69) is 6.92 Å². The highest BCUT2D eigenvalue weighted by Crippen LogP contribution is 2.28. The number of cyclic esters (lactones) is 1. The third kappa shape index (κ3) is 16.2. The average Bonchev–Trinajstić information content (AvgIpc) is 3.58. The van der Waals surface area contributed by atoms with Gasteiger partial charge in [-0.15, -0.1) is 0 Å². The van der Waals surface area contributed by atoms with Gasteiger partial charge in [-0.05, 0) is 64.7 Å². The third-order valence-electron chi connectivity index (χ3n) is 9.31. The summed E-state index contributed by atoms with van der Waals surface area (Å²) in [5.41, 5.74) is 0. The van der Waals surface area contributed by atoms with Crippen LogP contribution >= 0.6 is 0 Å². The molecule has 7 nitrogen and oxygen atoms in total. The van der Waals surface area contributed by atoms with Crippen LogP contribution < -0.4 is 0 Å². The van der Waals surface area contributed by atoms with Gasteiger partial charge >= 0.3 is 5.97 Å². The molecule has 2 fully saturated rings. The van der Waals surface area contributed by atoms with Gasteiger partial charge in [0.05, 0.1) is 36.4 Å². The smallest absolute Gasteiger partial charge is 0.309 e. The Morgan fingerprint density at radius 2 is 1.33 bits per heavy atom. The van der Waals surface area contributed by atoms with E-state index < -0.39 is 18.3 Å². The molecule has 3 N–H and O–H groups in total. The molecule has 0 aromatic carbocycles. The van der Waals surface area contributed by atoms with Crippen molar-refractivity contribution in [2.75, 3.05) is 0 Å². The third-order valence-corrected chi connectivity index (χ3v) is 9.31.